The van der Waals surface area contributed by atoms with E-state index in [2.05, 4.69) is 70.0 Å². The highest BCUT2D eigenvalue weighted by molar-refractivity contribution is 7.15. The zero-order chi connectivity index (χ0) is 24.4. The number of fused-ring (bicyclic) bond motifs is 3. The quantitative estimate of drug-likeness (QED) is 0.481. The fourth-order valence-corrected chi connectivity index (χ4v) is 6.13. The van der Waals surface area contributed by atoms with E-state index in [0.717, 1.165) is 81.7 Å². The van der Waals surface area contributed by atoms with Gasteiger partial charge in [0.25, 0.3) is 0 Å². The van der Waals surface area contributed by atoms with Gasteiger partial charge in [0.05, 0.1) is 18.9 Å². The van der Waals surface area contributed by atoms with Crippen LogP contribution in [0.4, 0.5) is 0 Å². The van der Waals surface area contributed by atoms with Crippen LogP contribution < -0.4 is 5.32 Å². The Hall–Kier alpha value is -2.39. The van der Waals surface area contributed by atoms with Crippen molar-refractivity contribution >= 4 is 17.0 Å². The van der Waals surface area contributed by atoms with Gasteiger partial charge in [-0.25, -0.2) is 0 Å². The average Bonchev–Trinajstić information content (AvgIpc) is 3.36. The van der Waals surface area contributed by atoms with E-state index in [4.69, 9.17) is 9.73 Å². The molecule has 0 bridgehead atoms. The molecule has 2 aliphatic heterocycles. The zero-order valence-electron chi connectivity index (χ0n) is 21.3. The zero-order valence-corrected chi connectivity index (χ0v) is 22.1. The number of ether oxygens (including phenoxy) is 1. The monoisotopic (exact) mass is 492 g/mol. The standard InChI is InChI=1S/C27H36N6OS/c1-5-21-7-9-22(10-8-21)25-24-18(2)19(3)35-27(24)33-20(4)30-31-26(33)23(29-25)17-28-11-6-12-32-13-15-34-16-14-32/h7-10,23,28H,5-6,11-17H2,1-4H3/t23-/m0/s1. The van der Waals surface area contributed by atoms with Crippen molar-refractivity contribution in [3.63, 3.8) is 0 Å². The second kappa shape index (κ2) is 10.7. The number of hydrogen-bond donors (Lipinski definition) is 1. The Kier molecular flexibility index (Phi) is 7.43. The Bertz CT molecular complexity index is 1190. The molecule has 0 saturated carbocycles. The van der Waals surface area contributed by atoms with E-state index < -0.39 is 0 Å². The summed E-state index contributed by atoms with van der Waals surface area (Å²) in [6.07, 6.45) is 2.14. The number of rotatable bonds is 8. The largest absolute Gasteiger partial charge is 0.379 e. The second-order valence-corrected chi connectivity index (χ2v) is 10.7. The predicted molar refractivity (Wildman–Crippen MR) is 142 cm³/mol. The number of nitrogens with one attached hydrogen (secondary N) is 1. The lowest BCUT2D eigenvalue weighted by molar-refractivity contribution is 0.0374. The molecule has 7 nitrogen and oxygen atoms in total. The highest BCUT2D eigenvalue weighted by atomic mass is 32.1. The molecule has 4 heterocycles. The van der Waals surface area contributed by atoms with E-state index in [1.54, 1.807) is 0 Å². The summed E-state index contributed by atoms with van der Waals surface area (Å²) in [5.74, 6) is 1.84. The summed E-state index contributed by atoms with van der Waals surface area (Å²) in [7, 11) is 0. The first kappa shape index (κ1) is 24.3. The minimum Gasteiger partial charge on any atom is -0.379 e. The van der Waals surface area contributed by atoms with Gasteiger partial charge in [-0.15, -0.1) is 21.5 Å². The lowest BCUT2D eigenvalue weighted by atomic mass is 9.98. The van der Waals surface area contributed by atoms with Crippen molar-refractivity contribution < 1.29 is 4.74 Å². The van der Waals surface area contributed by atoms with Gasteiger partial charge < -0.3 is 10.1 Å². The van der Waals surface area contributed by atoms with Gasteiger partial charge in [0, 0.05) is 35.6 Å². The number of aryl methyl sites for hydroxylation is 3. The molecule has 1 saturated heterocycles. The number of aromatic nitrogens is 3. The van der Waals surface area contributed by atoms with E-state index >= 15 is 0 Å². The molecule has 186 valence electrons. The van der Waals surface area contributed by atoms with Crippen LogP contribution in [0.5, 0.6) is 0 Å². The van der Waals surface area contributed by atoms with Gasteiger partial charge in [0.1, 0.15) is 16.9 Å². The van der Waals surface area contributed by atoms with Crippen molar-refractivity contribution in [2.75, 3.05) is 45.9 Å². The number of benzene rings is 1. The van der Waals surface area contributed by atoms with E-state index in [-0.39, 0.29) is 6.04 Å². The molecule has 2 aliphatic rings. The van der Waals surface area contributed by atoms with E-state index in [1.807, 2.05) is 18.3 Å². The molecule has 0 unspecified atom stereocenters. The Morgan fingerprint density at radius 3 is 2.60 bits per heavy atom. The molecule has 35 heavy (non-hydrogen) atoms. The Morgan fingerprint density at radius 2 is 1.86 bits per heavy atom. The number of nitrogens with zero attached hydrogens (tertiary/aromatic N) is 5. The lowest BCUT2D eigenvalue weighted by Gasteiger charge is -2.26. The van der Waals surface area contributed by atoms with Crippen molar-refractivity contribution in [2.24, 2.45) is 4.99 Å². The van der Waals surface area contributed by atoms with Crippen molar-refractivity contribution in [2.45, 2.75) is 46.6 Å². The summed E-state index contributed by atoms with van der Waals surface area (Å²) in [6.45, 7) is 15.2. The first-order chi connectivity index (χ1) is 17.1. The summed E-state index contributed by atoms with van der Waals surface area (Å²) >= 11 is 1.81. The molecule has 3 aromatic rings. The molecule has 2 aromatic heterocycles. The summed E-state index contributed by atoms with van der Waals surface area (Å²) in [6, 6.07) is 8.79. The van der Waals surface area contributed by atoms with Crippen LogP contribution in [0.3, 0.4) is 0 Å². The van der Waals surface area contributed by atoms with Crippen LogP contribution in [0.1, 0.15) is 58.2 Å². The predicted octanol–water partition coefficient (Wildman–Crippen LogP) is 4.02. The van der Waals surface area contributed by atoms with Gasteiger partial charge in [-0.2, -0.15) is 0 Å². The molecule has 1 fully saturated rings. The Balaban J connectivity index is 1.43. The number of morpholine rings is 1. The first-order valence-corrected chi connectivity index (χ1v) is 13.6. The lowest BCUT2D eigenvalue weighted by Crippen LogP contribution is -2.38. The summed E-state index contributed by atoms with van der Waals surface area (Å²) < 4.78 is 7.70. The maximum absolute atomic E-state index is 5.46. The van der Waals surface area contributed by atoms with E-state index in [9.17, 15) is 0 Å². The molecule has 0 radical (unpaired) electrons. The van der Waals surface area contributed by atoms with Gasteiger partial charge in [0.15, 0.2) is 5.82 Å². The van der Waals surface area contributed by atoms with E-state index in [1.165, 1.54) is 26.6 Å². The summed E-state index contributed by atoms with van der Waals surface area (Å²) in [5.41, 5.74) is 6.08. The normalized spacial score (nSPS) is 18.2. The van der Waals surface area contributed by atoms with Crippen molar-refractivity contribution in [1.29, 1.82) is 0 Å². The number of thiophene rings is 1. The fraction of sp³-hybridized carbons (Fsp3) is 0.519. The third-order valence-corrected chi connectivity index (χ3v) is 8.34. The smallest absolute Gasteiger partial charge is 0.164 e. The molecule has 0 amide bonds. The van der Waals surface area contributed by atoms with Crippen LogP contribution in [-0.4, -0.2) is 71.3 Å². The molecule has 5 rings (SSSR count). The van der Waals surface area contributed by atoms with Gasteiger partial charge in [-0.1, -0.05) is 31.2 Å². The molecule has 1 aromatic carbocycles. The molecule has 1 atom stereocenters. The van der Waals surface area contributed by atoms with Crippen LogP contribution in [0.25, 0.3) is 5.00 Å². The van der Waals surface area contributed by atoms with Crippen LogP contribution in [0.15, 0.2) is 29.3 Å². The first-order valence-electron chi connectivity index (χ1n) is 12.8. The third kappa shape index (κ3) is 4.98. The maximum Gasteiger partial charge on any atom is 0.164 e. The highest BCUT2D eigenvalue weighted by Crippen LogP contribution is 2.38. The number of aliphatic imine (C=N–C) groups is 1. The van der Waals surface area contributed by atoms with Crippen molar-refractivity contribution in [3.05, 3.63) is 63.0 Å². The highest BCUT2D eigenvalue weighted by Gasteiger charge is 2.31. The Morgan fingerprint density at radius 1 is 1.09 bits per heavy atom. The molecular formula is C27H36N6OS. The SMILES string of the molecule is CCc1ccc(C2=N[C@@H](CNCCCN3CCOCC3)c3nnc(C)n3-c3sc(C)c(C)c32)cc1. The summed E-state index contributed by atoms with van der Waals surface area (Å²) in [5, 5.41) is 13.9. The second-order valence-electron chi connectivity index (χ2n) is 9.46. The minimum atomic E-state index is -0.0975. The molecule has 1 N–H and O–H groups in total. The van der Waals surface area contributed by atoms with Crippen LogP contribution in [-0.2, 0) is 11.2 Å². The molecule has 0 spiro atoms. The maximum atomic E-state index is 5.46. The third-order valence-electron chi connectivity index (χ3n) is 7.14. The van der Waals surface area contributed by atoms with Crippen LogP contribution >= 0.6 is 11.3 Å². The molecule has 0 aliphatic carbocycles. The van der Waals surface area contributed by atoms with E-state index in [0.29, 0.717) is 0 Å². The topological polar surface area (TPSA) is 67.6 Å². The van der Waals surface area contributed by atoms with Gasteiger partial charge in [-0.3, -0.25) is 14.5 Å². The Labute approximate surface area is 212 Å². The minimum absolute atomic E-state index is 0.0975. The van der Waals surface area contributed by atoms with Crippen molar-refractivity contribution in [3.8, 4) is 5.00 Å². The fourth-order valence-electron chi connectivity index (χ4n) is 4.91. The average molecular weight is 493 g/mol. The van der Waals surface area contributed by atoms with Gasteiger partial charge in [0.2, 0.25) is 0 Å². The summed E-state index contributed by atoms with van der Waals surface area (Å²) in [4.78, 5) is 9.16. The number of hydrogen-bond acceptors (Lipinski definition) is 7. The van der Waals surface area contributed by atoms with Crippen LogP contribution in [0.2, 0.25) is 0 Å². The van der Waals surface area contributed by atoms with Crippen molar-refractivity contribution in [1.82, 2.24) is 25.0 Å². The molecular weight excluding hydrogens is 456 g/mol. The van der Waals surface area contributed by atoms with Crippen LogP contribution in [0, 0.1) is 20.8 Å². The van der Waals surface area contributed by atoms with Gasteiger partial charge in [-0.05, 0) is 57.8 Å². The van der Waals surface area contributed by atoms with Gasteiger partial charge >= 0.3 is 0 Å². The molecule has 8 heteroatoms.